The molecule has 25 heavy (non-hydrogen) atoms. The van der Waals surface area contributed by atoms with Crippen molar-refractivity contribution in [1.29, 1.82) is 0 Å². The molecule has 0 aliphatic heterocycles. The molecule has 5 nitrogen and oxygen atoms in total. The molecule has 0 saturated carbocycles. The van der Waals surface area contributed by atoms with E-state index in [2.05, 4.69) is 15.3 Å². The van der Waals surface area contributed by atoms with Gasteiger partial charge in [0, 0.05) is 17.8 Å². The number of nitrogens with one attached hydrogen (secondary N) is 1. The maximum atomic E-state index is 12.5. The monoisotopic (exact) mass is 367 g/mol. The number of rotatable bonds is 4. The molecule has 0 aliphatic carbocycles. The van der Waals surface area contributed by atoms with Crippen molar-refractivity contribution in [2.24, 2.45) is 0 Å². The third-order valence-corrected chi connectivity index (χ3v) is 4.96. The topological polar surface area (TPSA) is 72.0 Å². The first-order valence-corrected chi connectivity index (χ1v) is 8.76. The van der Waals surface area contributed by atoms with Gasteiger partial charge in [0.05, 0.1) is 16.1 Å². The molecule has 0 fully saturated rings. The van der Waals surface area contributed by atoms with Crippen molar-refractivity contribution < 1.29 is 21.6 Å². The highest BCUT2D eigenvalue weighted by molar-refractivity contribution is 7.91. The van der Waals surface area contributed by atoms with Crippen LogP contribution in [-0.4, -0.2) is 24.3 Å². The molecule has 0 aliphatic rings. The predicted octanol–water partition coefficient (Wildman–Crippen LogP) is 3.49. The van der Waals surface area contributed by atoms with Gasteiger partial charge in [0.25, 0.3) is 0 Å². The molecule has 0 atom stereocenters. The number of sulfone groups is 1. The predicted molar refractivity (Wildman–Crippen MR) is 86.7 cm³/mol. The first-order valence-electron chi connectivity index (χ1n) is 7.11. The fraction of sp³-hybridized carbons (Fsp3) is 0.125. The van der Waals surface area contributed by atoms with Crippen LogP contribution in [0.25, 0.3) is 10.9 Å². The number of pyridine rings is 2. The standard InChI is InChI=1S/C16H12F3N3O2S/c17-16(18,19)14-7-6-12(9-21-14)25(23,24)10-22-13-5-1-3-11-4-2-8-20-15(11)13/h1-9,22H,10H2. The average molecular weight is 367 g/mol. The number of nitrogens with zero attached hydrogens (tertiary/aromatic N) is 2. The second-order valence-corrected chi connectivity index (χ2v) is 7.18. The van der Waals surface area contributed by atoms with Gasteiger partial charge in [-0.05, 0) is 24.3 Å². The Morgan fingerprint density at radius 1 is 1.00 bits per heavy atom. The smallest absolute Gasteiger partial charge is 0.369 e. The summed E-state index contributed by atoms with van der Waals surface area (Å²) in [7, 11) is -3.86. The van der Waals surface area contributed by atoms with Gasteiger partial charge in [-0.3, -0.25) is 9.97 Å². The molecular formula is C16H12F3N3O2S. The van der Waals surface area contributed by atoms with Gasteiger partial charge in [-0.15, -0.1) is 0 Å². The summed E-state index contributed by atoms with van der Waals surface area (Å²) >= 11 is 0. The molecular weight excluding hydrogens is 355 g/mol. The van der Waals surface area contributed by atoms with Crippen molar-refractivity contribution in [2.75, 3.05) is 11.2 Å². The molecule has 1 aromatic carbocycles. The van der Waals surface area contributed by atoms with Crippen molar-refractivity contribution in [3.63, 3.8) is 0 Å². The second-order valence-electron chi connectivity index (χ2n) is 5.19. The van der Waals surface area contributed by atoms with Gasteiger partial charge in [-0.1, -0.05) is 18.2 Å². The Balaban J connectivity index is 1.82. The van der Waals surface area contributed by atoms with E-state index in [4.69, 9.17) is 0 Å². The molecule has 3 aromatic rings. The zero-order valence-electron chi connectivity index (χ0n) is 12.7. The summed E-state index contributed by atoms with van der Waals surface area (Å²) in [6.07, 6.45) is -2.32. The van der Waals surface area contributed by atoms with Crippen LogP contribution in [0.15, 0.2) is 59.8 Å². The number of halogens is 3. The van der Waals surface area contributed by atoms with Gasteiger partial charge < -0.3 is 5.32 Å². The summed E-state index contributed by atoms with van der Waals surface area (Å²) < 4.78 is 62.1. The maximum absolute atomic E-state index is 12.5. The normalized spacial score (nSPS) is 12.3. The fourth-order valence-electron chi connectivity index (χ4n) is 2.23. The quantitative estimate of drug-likeness (QED) is 0.764. The van der Waals surface area contributed by atoms with Gasteiger partial charge in [0.2, 0.25) is 0 Å². The van der Waals surface area contributed by atoms with Crippen LogP contribution in [0.5, 0.6) is 0 Å². The average Bonchev–Trinajstić information content (AvgIpc) is 2.59. The van der Waals surface area contributed by atoms with Crippen molar-refractivity contribution >= 4 is 26.4 Å². The molecule has 9 heteroatoms. The largest absolute Gasteiger partial charge is 0.433 e. The van der Waals surface area contributed by atoms with Crippen molar-refractivity contribution in [2.45, 2.75) is 11.1 Å². The first kappa shape index (κ1) is 17.2. The van der Waals surface area contributed by atoms with E-state index in [0.717, 1.165) is 11.5 Å². The molecule has 2 aromatic heterocycles. The number of benzene rings is 1. The van der Waals surface area contributed by atoms with E-state index >= 15 is 0 Å². The molecule has 0 amide bonds. The molecule has 0 unspecified atom stereocenters. The van der Waals surface area contributed by atoms with Gasteiger partial charge in [0.1, 0.15) is 11.6 Å². The fourth-order valence-corrected chi connectivity index (χ4v) is 3.24. The summed E-state index contributed by atoms with van der Waals surface area (Å²) in [5.41, 5.74) is -0.0232. The second kappa shape index (κ2) is 6.32. The Morgan fingerprint density at radius 3 is 2.44 bits per heavy atom. The van der Waals surface area contributed by atoms with Crippen LogP contribution in [0.1, 0.15) is 5.69 Å². The van der Waals surface area contributed by atoms with Gasteiger partial charge in [0.15, 0.2) is 9.84 Å². The van der Waals surface area contributed by atoms with E-state index in [0.29, 0.717) is 23.5 Å². The minimum Gasteiger partial charge on any atom is -0.369 e. The number of alkyl halides is 3. The van der Waals surface area contributed by atoms with Crippen molar-refractivity contribution in [3.05, 3.63) is 60.6 Å². The minimum absolute atomic E-state index is 0.291. The SMILES string of the molecule is O=S(=O)(CNc1cccc2cccnc12)c1ccc(C(F)(F)F)nc1. The molecule has 3 rings (SSSR count). The molecule has 2 heterocycles. The number of hydrogen-bond acceptors (Lipinski definition) is 5. The van der Waals surface area contributed by atoms with Crippen LogP contribution in [-0.2, 0) is 16.0 Å². The molecule has 1 N–H and O–H groups in total. The Bertz CT molecular complexity index is 998. The first-order chi connectivity index (χ1) is 11.8. The summed E-state index contributed by atoms with van der Waals surface area (Å²) in [5, 5.41) is 3.61. The number of para-hydroxylation sites is 1. The highest BCUT2D eigenvalue weighted by Gasteiger charge is 2.32. The van der Waals surface area contributed by atoms with Gasteiger partial charge in [-0.2, -0.15) is 13.2 Å². The lowest BCUT2D eigenvalue weighted by atomic mass is 10.2. The Morgan fingerprint density at radius 2 is 1.76 bits per heavy atom. The lowest BCUT2D eigenvalue weighted by Gasteiger charge is -2.10. The van der Waals surface area contributed by atoms with Crippen molar-refractivity contribution in [1.82, 2.24) is 9.97 Å². The molecule has 0 spiro atoms. The number of fused-ring (bicyclic) bond motifs is 1. The highest BCUT2D eigenvalue weighted by atomic mass is 32.2. The molecule has 0 radical (unpaired) electrons. The number of hydrogen-bond donors (Lipinski definition) is 1. The van der Waals surface area contributed by atoms with Crippen LogP contribution in [0, 0.1) is 0 Å². The maximum Gasteiger partial charge on any atom is 0.433 e. The summed E-state index contributed by atoms with van der Waals surface area (Å²) in [6.45, 7) is 0. The summed E-state index contributed by atoms with van der Waals surface area (Å²) in [6, 6.07) is 10.4. The van der Waals surface area contributed by atoms with Gasteiger partial charge >= 0.3 is 6.18 Å². The van der Waals surface area contributed by atoms with Crippen LogP contribution in [0.2, 0.25) is 0 Å². The summed E-state index contributed by atoms with van der Waals surface area (Å²) in [5.74, 6) is -0.490. The van der Waals surface area contributed by atoms with E-state index in [1.165, 1.54) is 0 Å². The lowest BCUT2D eigenvalue weighted by molar-refractivity contribution is -0.141. The lowest BCUT2D eigenvalue weighted by Crippen LogP contribution is -2.16. The van der Waals surface area contributed by atoms with Crippen LogP contribution < -0.4 is 5.32 Å². The van der Waals surface area contributed by atoms with E-state index in [9.17, 15) is 21.6 Å². The van der Waals surface area contributed by atoms with Crippen molar-refractivity contribution in [3.8, 4) is 0 Å². The summed E-state index contributed by atoms with van der Waals surface area (Å²) in [4.78, 5) is 7.08. The molecule has 0 saturated heterocycles. The molecule has 130 valence electrons. The van der Waals surface area contributed by atoms with Crippen LogP contribution in [0.4, 0.5) is 18.9 Å². The highest BCUT2D eigenvalue weighted by Crippen LogP contribution is 2.28. The van der Waals surface area contributed by atoms with E-state index in [-0.39, 0.29) is 4.90 Å². The zero-order valence-corrected chi connectivity index (χ0v) is 13.5. The Kier molecular flexibility index (Phi) is 4.34. The minimum atomic E-state index is -4.62. The van der Waals surface area contributed by atoms with E-state index in [1.54, 1.807) is 24.4 Å². The van der Waals surface area contributed by atoms with E-state index < -0.39 is 27.6 Å². The zero-order chi connectivity index (χ0) is 18.1. The third-order valence-electron chi connectivity index (χ3n) is 3.47. The van der Waals surface area contributed by atoms with E-state index in [1.807, 2.05) is 12.1 Å². The Hall–Kier alpha value is -2.68. The van der Waals surface area contributed by atoms with Crippen LogP contribution in [0.3, 0.4) is 0 Å². The third kappa shape index (κ3) is 3.71. The number of aromatic nitrogens is 2. The molecule has 0 bridgehead atoms. The number of anilines is 1. The Labute approximate surface area is 141 Å². The van der Waals surface area contributed by atoms with Gasteiger partial charge in [-0.25, -0.2) is 8.42 Å². The van der Waals surface area contributed by atoms with Crippen LogP contribution >= 0.6 is 0 Å².